The van der Waals surface area contributed by atoms with Crippen LogP contribution in [0.3, 0.4) is 0 Å². The Morgan fingerprint density at radius 1 is 1.35 bits per heavy atom. The van der Waals surface area contributed by atoms with Gasteiger partial charge in [-0.05, 0) is 19.8 Å². The van der Waals surface area contributed by atoms with Gasteiger partial charge in [0.15, 0.2) is 5.82 Å². The van der Waals surface area contributed by atoms with E-state index in [1.807, 2.05) is 11.5 Å². The molecular formula is C13H22N4O3. The van der Waals surface area contributed by atoms with Crippen molar-refractivity contribution in [3.8, 4) is 0 Å². The summed E-state index contributed by atoms with van der Waals surface area (Å²) >= 11 is 0. The third-order valence-electron chi connectivity index (χ3n) is 3.79. The zero-order valence-electron chi connectivity index (χ0n) is 12.2. The number of nitrogens with one attached hydrogen (secondary N) is 1. The van der Waals surface area contributed by atoms with Crippen LogP contribution in [0.15, 0.2) is 6.33 Å². The van der Waals surface area contributed by atoms with Crippen molar-refractivity contribution in [2.45, 2.75) is 53.1 Å². The summed E-state index contributed by atoms with van der Waals surface area (Å²) < 4.78 is 1.82. The molecule has 1 amide bonds. The first-order chi connectivity index (χ1) is 9.49. The van der Waals surface area contributed by atoms with Crippen molar-refractivity contribution in [2.24, 2.45) is 5.41 Å². The predicted octanol–water partition coefficient (Wildman–Crippen LogP) is 1.20. The van der Waals surface area contributed by atoms with E-state index in [1.54, 1.807) is 20.2 Å². The number of aryl methyl sites for hydroxylation is 1. The lowest BCUT2D eigenvalue weighted by atomic mass is 9.79. The van der Waals surface area contributed by atoms with Crippen molar-refractivity contribution in [1.82, 2.24) is 20.1 Å². The Labute approximate surface area is 118 Å². The number of aliphatic carboxylic acids is 1. The molecule has 1 aromatic rings. The van der Waals surface area contributed by atoms with Crippen molar-refractivity contribution in [3.05, 3.63) is 12.2 Å². The second kappa shape index (κ2) is 7.02. The summed E-state index contributed by atoms with van der Waals surface area (Å²) in [7, 11) is 0. The Balaban J connectivity index is 2.61. The zero-order valence-corrected chi connectivity index (χ0v) is 12.2. The van der Waals surface area contributed by atoms with Crippen molar-refractivity contribution in [2.75, 3.05) is 0 Å². The molecule has 0 saturated carbocycles. The number of carbonyl (C=O) groups is 2. The fraction of sp³-hybridized carbons (Fsp3) is 0.692. The molecule has 0 aliphatic carbocycles. The van der Waals surface area contributed by atoms with Crippen molar-refractivity contribution in [1.29, 1.82) is 0 Å². The molecule has 0 spiro atoms. The topological polar surface area (TPSA) is 97.1 Å². The maximum absolute atomic E-state index is 11.9. The minimum Gasteiger partial charge on any atom is -0.481 e. The average Bonchev–Trinajstić information content (AvgIpc) is 2.89. The van der Waals surface area contributed by atoms with E-state index in [1.165, 1.54) is 0 Å². The van der Waals surface area contributed by atoms with Crippen molar-refractivity contribution < 1.29 is 14.7 Å². The highest BCUT2D eigenvalue weighted by molar-refractivity contribution is 5.84. The first kappa shape index (κ1) is 16.1. The van der Waals surface area contributed by atoms with Gasteiger partial charge in [-0.25, -0.2) is 0 Å². The third-order valence-corrected chi connectivity index (χ3v) is 3.79. The summed E-state index contributed by atoms with van der Waals surface area (Å²) in [6, 6.07) is 0. The minimum atomic E-state index is -0.984. The van der Waals surface area contributed by atoms with Crippen LogP contribution >= 0.6 is 0 Å². The van der Waals surface area contributed by atoms with Crippen LogP contribution in [0.1, 0.15) is 45.9 Å². The first-order valence-electron chi connectivity index (χ1n) is 6.85. The largest absolute Gasteiger partial charge is 0.481 e. The molecule has 7 heteroatoms. The summed E-state index contributed by atoms with van der Waals surface area (Å²) in [6.45, 7) is 6.52. The van der Waals surface area contributed by atoms with E-state index < -0.39 is 11.4 Å². The van der Waals surface area contributed by atoms with E-state index in [0.29, 0.717) is 18.7 Å². The highest BCUT2D eigenvalue weighted by atomic mass is 16.4. The average molecular weight is 282 g/mol. The molecule has 0 saturated heterocycles. The molecular weight excluding hydrogens is 260 g/mol. The van der Waals surface area contributed by atoms with Gasteiger partial charge in [-0.2, -0.15) is 0 Å². The Kier molecular flexibility index (Phi) is 5.66. The van der Waals surface area contributed by atoms with Crippen LogP contribution in [0.4, 0.5) is 0 Å². The highest BCUT2D eigenvalue weighted by Crippen LogP contribution is 2.30. The van der Waals surface area contributed by atoms with Crippen LogP contribution in [0.2, 0.25) is 0 Å². The van der Waals surface area contributed by atoms with Crippen LogP contribution in [-0.4, -0.2) is 31.7 Å². The van der Waals surface area contributed by atoms with Gasteiger partial charge in [0.25, 0.3) is 0 Å². The van der Waals surface area contributed by atoms with Crippen molar-refractivity contribution in [3.63, 3.8) is 0 Å². The molecule has 0 bridgehead atoms. The molecule has 0 unspecified atom stereocenters. The number of carboxylic acid groups (broad SMARTS) is 1. The summed E-state index contributed by atoms with van der Waals surface area (Å²) in [4.78, 5) is 23.3. The number of nitrogens with zero attached hydrogens (tertiary/aromatic N) is 3. The molecule has 20 heavy (non-hydrogen) atoms. The SMILES string of the molecule is CCn1cnnc1CNC(=O)CC(CC)(CC)C(=O)O. The van der Waals surface area contributed by atoms with Crippen molar-refractivity contribution >= 4 is 11.9 Å². The predicted molar refractivity (Wildman–Crippen MR) is 72.8 cm³/mol. The first-order valence-corrected chi connectivity index (χ1v) is 6.85. The van der Waals surface area contributed by atoms with E-state index in [-0.39, 0.29) is 18.9 Å². The fourth-order valence-electron chi connectivity index (χ4n) is 2.11. The molecule has 1 heterocycles. The Morgan fingerprint density at radius 2 is 2.00 bits per heavy atom. The van der Waals surface area contributed by atoms with Crippen LogP contribution in [0.25, 0.3) is 0 Å². The zero-order chi connectivity index (χ0) is 15.2. The van der Waals surface area contributed by atoms with E-state index >= 15 is 0 Å². The maximum Gasteiger partial charge on any atom is 0.310 e. The molecule has 1 rings (SSSR count). The molecule has 0 aromatic carbocycles. The summed E-state index contributed by atoms with van der Waals surface area (Å²) in [6.07, 6.45) is 2.44. The van der Waals surface area contributed by atoms with Gasteiger partial charge < -0.3 is 15.0 Å². The van der Waals surface area contributed by atoms with Gasteiger partial charge in [-0.1, -0.05) is 13.8 Å². The quantitative estimate of drug-likeness (QED) is 0.746. The smallest absolute Gasteiger partial charge is 0.310 e. The Morgan fingerprint density at radius 3 is 2.50 bits per heavy atom. The van der Waals surface area contributed by atoms with Gasteiger partial charge in [-0.3, -0.25) is 9.59 Å². The van der Waals surface area contributed by atoms with Gasteiger partial charge >= 0.3 is 5.97 Å². The fourth-order valence-corrected chi connectivity index (χ4v) is 2.11. The standard InChI is InChI=1S/C13H22N4O3/c1-4-13(5-2,12(19)20)7-11(18)14-8-10-16-15-9-17(10)6-3/h9H,4-8H2,1-3H3,(H,14,18)(H,19,20). The van der Waals surface area contributed by atoms with Gasteiger partial charge in [0, 0.05) is 13.0 Å². The van der Waals surface area contributed by atoms with E-state index in [9.17, 15) is 14.7 Å². The number of amides is 1. The second-order valence-corrected chi connectivity index (χ2v) is 4.78. The van der Waals surface area contributed by atoms with Gasteiger partial charge in [0.2, 0.25) is 5.91 Å². The van der Waals surface area contributed by atoms with Gasteiger partial charge in [-0.15, -0.1) is 10.2 Å². The molecule has 2 N–H and O–H groups in total. The molecule has 7 nitrogen and oxygen atoms in total. The van der Waals surface area contributed by atoms with E-state index in [0.717, 1.165) is 6.54 Å². The molecule has 0 aliphatic heterocycles. The van der Waals surface area contributed by atoms with E-state index in [2.05, 4.69) is 15.5 Å². The number of rotatable bonds is 8. The second-order valence-electron chi connectivity index (χ2n) is 4.78. The highest BCUT2D eigenvalue weighted by Gasteiger charge is 2.37. The normalized spacial score (nSPS) is 11.3. The summed E-state index contributed by atoms with van der Waals surface area (Å²) in [5, 5.41) is 19.7. The lowest BCUT2D eigenvalue weighted by Gasteiger charge is -2.25. The molecule has 112 valence electrons. The van der Waals surface area contributed by atoms with Gasteiger partial charge in [0.05, 0.1) is 12.0 Å². The number of carbonyl (C=O) groups excluding carboxylic acids is 1. The summed E-state index contributed by atoms with van der Waals surface area (Å²) in [5.74, 6) is -0.536. The molecule has 1 aromatic heterocycles. The molecule has 0 aliphatic rings. The van der Waals surface area contributed by atoms with E-state index in [4.69, 9.17) is 0 Å². The van der Waals surface area contributed by atoms with Crippen LogP contribution < -0.4 is 5.32 Å². The minimum absolute atomic E-state index is 0.0183. The van der Waals surface area contributed by atoms with Crippen LogP contribution in [0.5, 0.6) is 0 Å². The molecule has 0 atom stereocenters. The number of hydrogen-bond donors (Lipinski definition) is 2. The maximum atomic E-state index is 11.9. The number of aromatic nitrogens is 3. The monoisotopic (exact) mass is 282 g/mol. The number of carboxylic acids is 1. The number of hydrogen-bond acceptors (Lipinski definition) is 4. The van der Waals surface area contributed by atoms with Crippen LogP contribution in [0, 0.1) is 5.41 Å². The Hall–Kier alpha value is -1.92. The third kappa shape index (κ3) is 3.55. The summed E-state index contributed by atoms with van der Waals surface area (Å²) in [5.41, 5.74) is -0.984. The van der Waals surface area contributed by atoms with Crippen LogP contribution in [-0.2, 0) is 22.7 Å². The molecule has 0 fully saturated rings. The Bertz CT molecular complexity index is 466. The molecule has 0 radical (unpaired) electrons. The van der Waals surface area contributed by atoms with Gasteiger partial charge in [0.1, 0.15) is 6.33 Å². The lowest BCUT2D eigenvalue weighted by molar-refractivity contribution is -0.152. The lowest BCUT2D eigenvalue weighted by Crippen LogP contribution is -2.37.